The number of rotatable bonds is 1. The minimum Gasteiger partial charge on any atom is -0.448 e. The first-order valence-corrected chi connectivity index (χ1v) is 2.82. The molecule has 0 amide bonds. The molecule has 0 N–H and O–H groups in total. The van der Waals surface area contributed by atoms with Crippen LogP contribution in [0, 0.1) is 6.26 Å². The van der Waals surface area contributed by atoms with E-state index >= 15 is 0 Å². The van der Waals surface area contributed by atoms with E-state index in [4.69, 9.17) is 8.83 Å². The Bertz CT molecular complexity index is 251. The first-order chi connectivity index (χ1) is 4.97. The second-order valence-corrected chi connectivity index (χ2v) is 1.75. The van der Waals surface area contributed by atoms with E-state index in [1.165, 1.54) is 6.26 Å². The lowest BCUT2D eigenvalue weighted by atomic mass is 10.4. The summed E-state index contributed by atoms with van der Waals surface area (Å²) in [6.45, 7) is 0. The maximum atomic E-state index is 4.95. The average Bonchev–Trinajstić information content (AvgIpc) is 2.59. The van der Waals surface area contributed by atoms with E-state index in [0.29, 0.717) is 11.7 Å². The zero-order chi connectivity index (χ0) is 6.81. The molecule has 0 unspecified atom stereocenters. The Morgan fingerprint density at radius 3 is 3.10 bits per heavy atom. The van der Waals surface area contributed by atoms with E-state index in [9.17, 15) is 0 Å². The van der Waals surface area contributed by atoms with Crippen molar-refractivity contribution >= 4 is 0 Å². The molecule has 2 heterocycles. The van der Waals surface area contributed by atoms with E-state index in [2.05, 4.69) is 11.2 Å². The third kappa shape index (κ3) is 0.719. The van der Waals surface area contributed by atoms with E-state index < -0.39 is 0 Å². The van der Waals surface area contributed by atoms with E-state index in [-0.39, 0.29) is 0 Å². The minimum absolute atomic E-state index is 0.487. The molecule has 0 aromatic carbocycles. The van der Waals surface area contributed by atoms with Crippen LogP contribution < -0.4 is 0 Å². The van der Waals surface area contributed by atoms with Gasteiger partial charge in [-0.2, -0.15) is 0 Å². The smallest absolute Gasteiger partial charge is 0.262 e. The molecule has 2 aromatic heterocycles. The van der Waals surface area contributed by atoms with Gasteiger partial charge in [-0.25, -0.2) is 4.98 Å². The molecular weight excluding hydrogens is 130 g/mol. The van der Waals surface area contributed by atoms with Crippen LogP contribution in [0.5, 0.6) is 0 Å². The van der Waals surface area contributed by atoms with Gasteiger partial charge in [0.05, 0.1) is 6.20 Å². The predicted octanol–water partition coefficient (Wildman–Crippen LogP) is 1.73. The normalized spacial score (nSPS) is 10.0. The van der Waals surface area contributed by atoms with Gasteiger partial charge in [0.15, 0.2) is 12.0 Å². The van der Waals surface area contributed by atoms with Crippen molar-refractivity contribution < 1.29 is 8.83 Å². The van der Waals surface area contributed by atoms with Crippen molar-refractivity contribution in [1.29, 1.82) is 0 Å². The number of hydrogen-bond donors (Lipinski definition) is 0. The summed E-state index contributed by atoms with van der Waals surface area (Å²) >= 11 is 0. The third-order valence-corrected chi connectivity index (χ3v) is 1.11. The summed E-state index contributed by atoms with van der Waals surface area (Å²) in [7, 11) is 0. The summed E-state index contributed by atoms with van der Waals surface area (Å²) in [4.78, 5) is 3.88. The summed E-state index contributed by atoms with van der Waals surface area (Å²) in [5, 5.41) is 0. The van der Waals surface area contributed by atoms with Crippen LogP contribution in [0.1, 0.15) is 0 Å². The van der Waals surface area contributed by atoms with Crippen molar-refractivity contribution in [1.82, 2.24) is 4.98 Å². The lowest BCUT2D eigenvalue weighted by Gasteiger charge is -1.82. The third-order valence-electron chi connectivity index (χ3n) is 1.11. The van der Waals surface area contributed by atoms with Gasteiger partial charge in [0.1, 0.15) is 6.26 Å². The Labute approximate surface area is 57.3 Å². The fourth-order valence-electron chi connectivity index (χ4n) is 0.701. The SMILES string of the molecule is [c]1ccc(-c2ncco2)o1. The highest BCUT2D eigenvalue weighted by atomic mass is 16.4. The van der Waals surface area contributed by atoms with Gasteiger partial charge in [0.25, 0.3) is 5.89 Å². The number of oxazole rings is 1. The van der Waals surface area contributed by atoms with E-state index in [1.54, 1.807) is 18.3 Å². The standard InChI is InChI=1S/C7H4NO2/c1-2-6(9-4-1)7-8-3-5-10-7/h1-3,5H. The number of aromatic nitrogens is 1. The van der Waals surface area contributed by atoms with Gasteiger partial charge >= 0.3 is 0 Å². The summed E-state index contributed by atoms with van der Waals surface area (Å²) in [6.07, 6.45) is 5.61. The molecule has 0 bridgehead atoms. The van der Waals surface area contributed by atoms with Crippen molar-refractivity contribution in [2.24, 2.45) is 0 Å². The van der Waals surface area contributed by atoms with Gasteiger partial charge in [-0.3, -0.25) is 0 Å². The minimum atomic E-state index is 0.487. The Hall–Kier alpha value is -1.51. The van der Waals surface area contributed by atoms with Crippen molar-refractivity contribution in [2.75, 3.05) is 0 Å². The molecule has 3 nitrogen and oxygen atoms in total. The van der Waals surface area contributed by atoms with Crippen molar-refractivity contribution in [3.63, 3.8) is 0 Å². The highest BCUT2D eigenvalue weighted by molar-refractivity contribution is 5.42. The average molecular weight is 134 g/mol. The number of hydrogen-bond acceptors (Lipinski definition) is 3. The highest BCUT2D eigenvalue weighted by Gasteiger charge is 2.02. The van der Waals surface area contributed by atoms with Crippen LogP contribution in [0.2, 0.25) is 0 Å². The van der Waals surface area contributed by atoms with Crippen molar-refractivity contribution in [2.45, 2.75) is 0 Å². The summed E-state index contributed by atoms with van der Waals surface area (Å²) in [5.41, 5.74) is 0. The molecule has 0 atom stereocenters. The molecule has 0 spiro atoms. The van der Waals surface area contributed by atoms with Crippen LogP contribution in [0.15, 0.2) is 33.4 Å². The molecule has 3 heteroatoms. The molecule has 49 valence electrons. The zero-order valence-electron chi connectivity index (χ0n) is 5.07. The molecule has 0 fully saturated rings. The molecule has 2 rings (SSSR count). The van der Waals surface area contributed by atoms with Crippen molar-refractivity contribution in [3.05, 3.63) is 30.9 Å². The van der Waals surface area contributed by atoms with Crippen LogP contribution in [-0.4, -0.2) is 4.98 Å². The van der Waals surface area contributed by atoms with Crippen LogP contribution in [-0.2, 0) is 0 Å². The second-order valence-electron chi connectivity index (χ2n) is 1.75. The molecular formula is C7H4NO2. The first-order valence-electron chi connectivity index (χ1n) is 2.82. The lowest BCUT2D eigenvalue weighted by Crippen LogP contribution is -1.68. The van der Waals surface area contributed by atoms with Gasteiger partial charge < -0.3 is 8.83 Å². The van der Waals surface area contributed by atoms with Crippen LogP contribution in [0.25, 0.3) is 11.7 Å². The number of nitrogens with zero attached hydrogens (tertiary/aromatic N) is 1. The molecule has 2 aromatic rings. The lowest BCUT2D eigenvalue weighted by molar-refractivity contribution is 0.513. The van der Waals surface area contributed by atoms with Crippen molar-refractivity contribution in [3.8, 4) is 11.7 Å². The molecule has 1 radical (unpaired) electrons. The fourth-order valence-corrected chi connectivity index (χ4v) is 0.701. The maximum Gasteiger partial charge on any atom is 0.262 e. The Morgan fingerprint density at radius 1 is 1.50 bits per heavy atom. The van der Waals surface area contributed by atoms with Gasteiger partial charge in [-0.05, 0) is 12.1 Å². The molecule has 0 saturated heterocycles. The van der Waals surface area contributed by atoms with Gasteiger partial charge in [-0.1, -0.05) is 0 Å². The Kier molecular flexibility index (Phi) is 1.07. The molecule has 0 aliphatic rings. The largest absolute Gasteiger partial charge is 0.448 e. The number of furan rings is 1. The Balaban J connectivity index is 2.48. The van der Waals surface area contributed by atoms with Crippen LogP contribution >= 0.6 is 0 Å². The van der Waals surface area contributed by atoms with Crippen LogP contribution in [0.3, 0.4) is 0 Å². The topological polar surface area (TPSA) is 39.2 Å². The van der Waals surface area contributed by atoms with E-state index in [1.807, 2.05) is 0 Å². The second kappa shape index (κ2) is 2.02. The molecule has 0 aliphatic heterocycles. The van der Waals surface area contributed by atoms with Crippen LogP contribution in [0.4, 0.5) is 0 Å². The molecule has 0 saturated carbocycles. The summed E-state index contributed by atoms with van der Waals surface area (Å²) in [5.74, 6) is 1.09. The summed E-state index contributed by atoms with van der Waals surface area (Å²) in [6, 6.07) is 3.41. The Morgan fingerprint density at radius 2 is 2.50 bits per heavy atom. The van der Waals surface area contributed by atoms with Gasteiger partial charge in [-0.15, -0.1) is 0 Å². The van der Waals surface area contributed by atoms with E-state index in [0.717, 1.165) is 0 Å². The zero-order valence-corrected chi connectivity index (χ0v) is 5.07. The van der Waals surface area contributed by atoms with Gasteiger partial charge in [0, 0.05) is 0 Å². The fraction of sp³-hybridized carbons (Fsp3) is 0. The molecule has 0 aliphatic carbocycles. The summed E-state index contributed by atoms with van der Waals surface area (Å²) < 4.78 is 9.85. The quantitative estimate of drug-likeness (QED) is 0.596. The maximum absolute atomic E-state index is 4.95. The highest BCUT2D eigenvalue weighted by Crippen LogP contribution is 2.15. The molecule has 10 heavy (non-hydrogen) atoms. The first kappa shape index (κ1) is 5.29. The predicted molar refractivity (Wildman–Crippen MR) is 33.0 cm³/mol. The monoisotopic (exact) mass is 134 g/mol. The van der Waals surface area contributed by atoms with Gasteiger partial charge in [0.2, 0.25) is 0 Å².